The van der Waals surface area contributed by atoms with Crippen molar-refractivity contribution in [3.05, 3.63) is 35.3 Å². The van der Waals surface area contributed by atoms with Crippen LogP contribution in [0.2, 0.25) is 0 Å². The monoisotopic (exact) mass is 478 g/mol. The Morgan fingerprint density at radius 1 is 1.32 bits per heavy atom. The lowest BCUT2D eigenvalue weighted by molar-refractivity contribution is -0.141. The number of halogens is 3. The Balaban J connectivity index is 1.68. The van der Waals surface area contributed by atoms with Crippen LogP contribution in [0.4, 0.5) is 30.6 Å². The van der Waals surface area contributed by atoms with Crippen molar-refractivity contribution in [2.45, 2.75) is 59.4 Å². The average molecular weight is 479 g/mol. The minimum Gasteiger partial charge on any atom is -0.352 e. The van der Waals surface area contributed by atoms with Crippen molar-refractivity contribution in [3.8, 4) is 0 Å². The molecule has 9 nitrogen and oxygen atoms in total. The highest BCUT2D eigenvalue weighted by Gasteiger charge is 2.34. The third-order valence-corrected chi connectivity index (χ3v) is 5.33. The van der Waals surface area contributed by atoms with Crippen LogP contribution in [0.3, 0.4) is 0 Å². The van der Waals surface area contributed by atoms with E-state index in [1.165, 1.54) is 12.3 Å². The van der Waals surface area contributed by atoms with Gasteiger partial charge in [0.2, 0.25) is 11.9 Å². The number of aryl methyl sites for hydroxylation is 1. The average Bonchev–Trinajstić information content (AvgIpc) is 2.75. The third-order valence-electron chi connectivity index (χ3n) is 5.33. The van der Waals surface area contributed by atoms with E-state index in [4.69, 9.17) is 0 Å². The van der Waals surface area contributed by atoms with Gasteiger partial charge in [0, 0.05) is 25.0 Å². The lowest BCUT2D eigenvalue weighted by Crippen LogP contribution is -2.50. The highest BCUT2D eigenvalue weighted by Crippen LogP contribution is 2.34. The van der Waals surface area contributed by atoms with Gasteiger partial charge in [0.1, 0.15) is 17.4 Å². The molecule has 0 fully saturated rings. The number of anilines is 3. The maximum absolute atomic E-state index is 12.7. The summed E-state index contributed by atoms with van der Waals surface area (Å²) in [5, 5.41) is 12.1. The molecule has 12 heteroatoms. The number of carbonyl (C=O) groups is 1. The number of pyridine rings is 1. The largest absolute Gasteiger partial charge is 0.433 e. The predicted octanol–water partition coefficient (Wildman–Crippen LogP) is 3.67. The molecule has 0 saturated carbocycles. The molecule has 0 bridgehead atoms. The van der Waals surface area contributed by atoms with Gasteiger partial charge in [0.05, 0.1) is 18.8 Å². The molecule has 1 aliphatic heterocycles. The van der Waals surface area contributed by atoms with Gasteiger partial charge < -0.3 is 15.5 Å². The molecule has 0 spiro atoms. The summed E-state index contributed by atoms with van der Waals surface area (Å²) in [5.41, 5.74) is 0.938. The molecular formula is C22H29F3N8O. The molecule has 0 saturated heterocycles. The standard InChI is InChI=1S/C22H29F3N8O/c1-6-28-32(12-16-7-8-17(27-11-16)22(23,24)25)10-9-26-21-29-14(4)18-19(31-21)33(13(2)3)15(5)20(34)30-18/h6-8,11,13,15H,9-10,12H2,1-5H3,(H,30,34)(H,26,29,31)/b28-6-/t15-/m0/s1. The Morgan fingerprint density at radius 2 is 2.06 bits per heavy atom. The molecule has 0 aromatic carbocycles. The molecule has 184 valence electrons. The van der Waals surface area contributed by atoms with E-state index in [0.29, 0.717) is 48.3 Å². The van der Waals surface area contributed by atoms with Gasteiger partial charge in [-0.25, -0.2) is 4.98 Å². The minimum atomic E-state index is -4.47. The van der Waals surface area contributed by atoms with Gasteiger partial charge in [-0.1, -0.05) is 6.07 Å². The van der Waals surface area contributed by atoms with Gasteiger partial charge >= 0.3 is 6.18 Å². The first kappa shape index (κ1) is 25.2. The van der Waals surface area contributed by atoms with E-state index in [2.05, 4.69) is 30.7 Å². The Bertz CT molecular complexity index is 1040. The van der Waals surface area contributed by atoms with Crippen LogP contribution >= 0.6 is 0 Å². The summed E-state index contributed by atoms with van der Waals surface area (Å²) in [7, 11) is 0. The number of amides is 1. The Hall–Kier alpha value is -3.44. The van der Waals surface area contributed by atoms with E-state index >= 15 is 0 Å². The number of aromatic nitrogens is 3. The highest BCUT2D eigenvalue weighted by molar-refractivity contribution is 6.03. The van der Waals surface area contributed by atoms with E-state index in [-0.39, 0.29) is 18.0 Å². The van der Waals surface area contributed by atoms with Crippen molar-refractivity contribution in [3.63, 3.8) is 0 Å². The molecule has 1 amide bonds. The van der Waals surface area contributed by atoms with Crippen LogP contribution in [0.25, 0.3) is 0 Å². The Labute approximate surface area is 196 Å². The van der Waals surface area contributed by atoms with Crippen molar-refractivity contribution in [2.24, 2.45) is 5.10 Å². The normalized spacial score (nSPS) is 16.1. The second kappa shape index (κ2) is 10.2. The van der Waals surface area contributed by atoms with E-state index in [9.17, 15) is 18.0 Å². The third kappa shape index (κ3) is 5.72. The molecule has 34 heavy (non-hydrogen) atoms. The molecule has 0 unspecified atom stereocenters. The number of nitrogens with one attached hydrogen (secondary N) is 2. The van der Waals surface area contributed by atoms with E-state index in [1.54, 1.807) is 18.1 Å². The summed E-state index contributed by atoms with van der Waals surface area (Å²) >= 11 is 0. The quantitative estimate of drug-likeness (QED) is 0.441. The Morgan fingerprint density at radius 3 is 2.65 bits per heavy atom. The lowest BCUT2D eigenvalue weighted by Gasteiger charge is -2.38. The lowest BCUT2D eigenvalue weighted by atomic mass is 10.1. The maximum Gasteiger partial charge on any atom is 0.433 e. The zero-order chi connectivity index (χ0) is 25.0. The van der Waals surface area contributed by atoms with Gasteiger partial charge in [-0.05, 0) is 46.2 Å². The first-order valence-electron chi connectivity index (χ1n) is 11.0. The summed E-state index contributed by atoms with van der Waals surface area (Å²) in [5.74, 6) is 0.984. The van der Waals surface area contributed by atoms with Crippen LogP contribution in [-0.4, -0.2) is 57.3 Å². The van der Waals surface area contributed by atoms with Crippen LogP contribution in [0.5, 0.6) is 0 Å². The van der Waals surface area contributed by atoms with E-state index in [0.717, 1.165) is 6.07 Å². The van der Waals surface area contributed by atoms with Crippen molar-refractivity contribution in [2.75, 3.05) is 28.6 Å². The maximum atomic E-state index is 12.7. The number of hydrogen-bond donors (Lipinski definition) is 2. The summed E-state index contributed by atoms with van der Waals surface area (Å²) in [4.78, 5) is 26.9. The summed E-state index contributed by atoms with van der Waals surface area (Å²) < 4.78 is 38.2. The minimum absolute atomic E-state index is 0.0636. The van der Waals surface area contributed by atoms with Gasteiger partial charge in [-0.15, -0.1) is 0 Å². The fourth-order valence-corrected chi connectivity index (χ4v) is 3.73. The van der Waals surface area contributed by atoms with Crippen LogP contribution in [0.15, 0.2) is 23.4 Å². The van der Waals surface area contributed by atoms with Gasteiger partial charge in [0.15, 0.2) is 5.82 Å². The van der Waals surface area contributed by atoms with Crippen molar-refractivity contribution >= 4 is 29.6 Å². The molecule has 2 N–H and O–H groups in total. The molecule has 0 aliphatic carbocycles. The molecule has 1 atom stereocenters. The fraction of sp³-hybridized carbons (Fsp3) is 0.500. The van der Waals surface area contributed by atoms with E-state index < -0.39 is 11.9 Å². The van der Waals surface area contributed by atoms with Crippen LogP contribution < -0.4 is 15.5 Å². The van der Waals surface area contributed by atoms with Crippen LogP contribution in [0.1, 0.15) is 44.6 Å². The number of hydrazone groups is 1. The number of alkyl halides is 3. The summed E-state index contributed by atoms with van der Waals surface area (Å²) in [6.07, 6.45) is -1.65. The van der Waals surface area contributed by atoms with Gasteiger partial charge in [0.25, 0.3) is 0 Å². The van der Waals surface area contributed by atoms with Gasteiger partial charge in [-0.3, -0.25) is 14.8 Å². The number of fused-ring (bicyclic) bond motifs is 1. The Kier molecular flexibility index (Phi) is 7.57. The topological polar surface area (TPSA) is 98.6 Å². The fourth-order valence-electron chi connectivity index (χ4n) is 3.73. The molecule has 3 rings (SSSR count). The molecule has 2 aromatic rings. The molecular weight excluding hydrogens is 449 g/mol. The zero-order valence-corrected chi connectivity index (χ0v) is 19.8. The van der Waals surface area contributed by atoms with Crippen molar-refractivity contribution in [1.29, 1.82) is 0 Å². The second-order valence-electron chi connectivity index (χ2n) is 8.24. The van der Waals surface area contributed by atoms with Crippen LogP contribution in [-0.2, 0) is 17.5 Å². The summed E-state index contributed by atoms with van der Waals surface area (Å²) in [6, 6.07) is 2.06. The molecule has 2 aromatic heterocycles. The highest BCUT2D eigenvalue weighted by atomic mass is 19.4. The predicted molar refractivity (Wildman–Crippen MR) is 125 cm³/mol. The molecule has 1 aliphatic rings. The number of nitrogens with zero attached hydrogens (tertiary/aromatic N) is 6. The number of hydrogen-bond acceptors (Lipinski definition) is 8. The number of carbonyl (C=O) groups excluding carboxylic acids is 1. The first-order chi connectivity index (χ1) is 16.0. The van der Waals surface area contributed by atoms with Gasteiger partial charge in [-0.2, -0.15) is 23.3 Å². The summed E-state index contributed by atoms with van der Waals surface area (Å²) in [6.45, 7) is 10.6. The van der Waals surface area contributed by atoms with E-state index in [1.807, 2.05) is 32.6 Å². The first-order valence-corrected chi connectivity index (χ1v) is 11.0. The second-order valence-corrected chi connectivity index (χ2v) is 8.24. The van der Waals surface area contributed by atoms with Crippen molar-refractivity contribution < 1.29 is 18.0 Å². The smallest absolute Gasteiger partial charge is 0.352 e. The number of rotatable bonds is 8. The molecule has 3 heterocycles. The van der Waals surface area contributed by atoms with Crippen LogP contribution in [0, 0.1) is 6.92 Å². The SMILES string of the molecule is C/C=N\N(CCNc1nc(C)c2c(n1)N(C(C)C)[C@@H](C)C(=O)N2)Cc1ccc(C(F)(F)F)nc1. The van der Waals surface area contributed by atoms with Crippen molar-refractivity contribution in [1.82, 2.24) is 20.0 Å². The molecule has 0 radical (unpaired) electrons. The zero-order valence-electron chi connectivity index (χ0n) is 19.8.